The molecular formula is C11H12N4O2S. The lowest BCUT2D eigenvalue weighted by Crippen LogP contribution is -2.17. The number of aromatic nitrogens is 3. The number of rotatable bonds is 4. The SMILES string of the molecule is O=S(=O)(Nc1ccc(-n2ccnc2)nc1)C1CC1. The van der Waals surface area contributed by atoms with Crippen LogP contribution in [0.25, 0.3) is 5.82 Å². The van der Waals surface area contributed by atoms with Crippen molar-refractivity contribution >= 4 is 15.7 Å². The fraction of sp³-hybridized carbons (Fsp3) is 0.273. The predicted molar refractivity (Wildman–Crippen MR) is 66.9 cm³/mol. The molecule has 1 N–H and O–H groups in total. The lowest BCUT2D eigenvalue weighted by Gasteiger charge is -2.07. The fourth-order valence-electron chi connectivity index (χ4n) is 1.62. The van der Waals surface area contributed by atoms with E-state index < -0.39 is 10.0 Å². The van der Waals surface area contributed by atoms with Crippen molar-refractivity contribution in [1.29, 1.82) is 0 Å². The average Bonchev–Trinajstić information content (AvgIpc) is 3.08. The van der Waals surface area contributed by atoms with Crippen molar-refractivity contribution in [2.24, 2.45) is 0 Å². The Balaban J connectivity index is 1.79. The second kappa shape index (κ2) is 4.09. The average molecular weight is 264 g/mol. The molecule has 1 fully saturated rings. The van der Waals surface area contributed by atoms with Crippen LogP contribution in [0, 0.1) is 0 Å². The third-order valence-electron chi connectivity index (χ3n) is 2.74. The molecule has 0 atom stereocenters. The molecule has 6 nitrogen and oxygen atoms in total. The second-order valence-corrected chi connectivity index (χ2v) is 6.18. The molecule has 3 rings (SSSR count). The third kappa shape index (κ3) is 2.21. The molecule has 0 aromatic carbocycles. The van der Waals surface area contributed by atoms with Crippen molar-refractivity contribution in [3.8, 4) is 5.82 Å². The van der Waals surface area contributed by atoms with Crippen LogP contribution in [0.1, 0.15) is 12.8 Å². The quantitative estimate of drug-likeness (QED) is 0.899. The largest absolute Gasteiger partial charge is 0.291 e. The fourth-order valence-corrected chi connectivity index (χ4v) is 2.99. The molecule has 0 spiro atoms. The lowest BCUT2D eigenvalue weighted by molar-refractivity contribution is 0.600. The van der Waals surface area contributed by atoms with Gasteiger partial charge in [0, 0.05) is 12.4 Å². The van der Waals surface area contributed by atoms with Gasteiger partial charge in [-0.2, -0.15) is 0 Å². The molecule has 7 heteroatoms. The van der Waals surface area contributed by atoms with Crippen LogP contribution in [-0.4, -0.2) is 28.2 Å². The summed E-state index contributed by atoms with van der Waals surface area (Å²) in [6.07, 6.45) is 8.07. The first-order valence-electron chi connectivity index (χ1n) is 5.61. The number of imidazole rings is 1. The van der Waals surface area contributed by atoms with Gasteiger partial charge in [0.2, 0.25) is 10.0 Å². The van der Waals surface area contributed by atoms with Crippen LogP contribution in [0.5, 0.6) is 0 Å². The highest BCUT2D eigenvalue weighted by Gasteiger charge is 2.35. The van der Waals surface area contributed by atoms with Gasteiger partial charge in [0.1, 0.15) is 12.1 Å². The normalized spacial score (nSPS) is 15.6. The first-order chi connectivity index (χ1) is 8.65. The Hall–Kier alpha value is -1.89. The van der Waals surface area contributed by atoms with E-state index in [4.69, 9.17) is 0 Å². The highest BCUT2D eigenvalue weighted by atomic mass is 32.2. The van der Waals surface area contributed by atoms with Crippen molar-refractivity contribution in [3.05, 3.63) is 37.1 Å². The summed E-state index contributed by atoms with van der Waals surface area (Å²) in [4.78, 5) is 8.10. The van der Waals surface area contributed by atoms with E-state index in [2.05, 4.69) is 14.7 Å². The summed E-state index contributed by atoms with van der Waals surface area (Å²) in [5, 5.41) is -0.231. The Labute approximate surface area is 105 Å². The van der Waals surface area contributed by atoms with E-state index in [1.165, 1.54) is 6.20 Å². The number of nitrogens with zero attached hydrogens (tertiary/aromatic N) is 3. The molecule has 2 aromatic heterocycles. The van der Waals surface area contributed by atoms with Crippen LogP contribution in [-0.2, 0) is 10.0 Å². The molecule has 0 radical (unpaired) electrons. The van der Waals surface area contributed by atoms with E-state index in [0.717, 1.165) is 12.8 Å². The van der Waals surface area contributed by atoms with Gasteiger partial charge in [-0.25, -0.2) is 18.4 Å². The monoisotopic (exact) mass is 264 g/mol. The van der Waals surface area contributed by atoms with E-state index in [9.17, 15) is 8.42 Å². The second-order valence-electron chi connectivity index (χ2n) is 4.22. The Morgan fingerprint density at radius 3 is 2.72 bits per heavy atom. The standard InChI is InChI=1S/C11H12N4O2S/c16-18(17,10-2-3-10)14-9-1-4-11(13-7-9)15-6-5-12-8-15/h1,4-8,10,14H,2-3H2. The summed E-state index contributed by atoms with van der Waals surface area (Å²) in [7, 11) is -3.22. The van der Waals surface area contributed by atoms with Gasteiger partial charge in [0.15, 0.2) is 0 Å². The maximum absolute atomic E-state index is 11.7. The molecule has 2 aromatic rings. The van der Waals surface area contributed by atoms with Gasteiger partial charge in [-0.15, -0.1) is 0 Å². The number of nitrogens with one attached hydrogen (secondary N) is 1. The van der Waals surface area contributed by atoms with E-state index in [0.29, 0.717) is 11.5 Å². The molecule has 0 amide bonds. The van der Waals surface area contributed by atoms with Crippen molar-refractivity contribution in [1.82, 2.24) is 14.5 Å². The van der Waals surface area contributed by atoms with Gasteiger partial charge in [-0.05, 0) is 25.0 Å². The summed E-state index contributed by atoms with van der Waals surface area (Å²) in [5.74, 6) is 0.696. The Morgan fingerprint density at radius 2 is 2.17 bits per heavy atom. The molecule has 2 heterocycles. The highest BCUT2D eigenvalue weighted by molar-refractivity contribution is 7.93. The summed E-state index contributed by atoms with van der Waals surface area (Å²) < 4.78 is 27.7. The summed E-state index contributed by atoms with van der Waals surface area (Å²) >= 11 is 0. The lowest BCUT2D eigenvalue weighted by atomic mass is 10.4. The molecule has 94 valence electrons. The number of sulfonamides is 1. The van der Waals surface area contributed by atoms with Crippen LogP contribution in [0.3, 0.4) is 0 Å². The minimum Gasteiger partial charge on any atom is -0.291 e. The first-order valence-corrected chi connectivity index (χ1v) is 7.16. The van der Waals surface area contributed by atoms with Crippen LogP contribution in [0.15, 0.2) is 37.1 Å². The molecule has 0 bridgehead atoms. The number of hydrogen-bond acceptors (Lipinski definition) is 4. The molecule has 18 heavy (non-hydrogen) atoms. The van der Waals surface area contributed by atoms with E-state index in [-0.39, 0.29) is 5.25 Å². The van der Waals surface area contributed by atoms with Crippen molar-refractivity contribution in [3.63, 3.8) is 0 Å². The first kappa shape index (κ1) is 11.2. The third-order valence-corrected chi connectivity index (χ3v) is 4.61. The van der Waals surface area contributed by atoms with Crippen molar-refractivity contribution in [2.75, 3.05) is 4.72 Å². The van der Waals surface area contributed by atoms with Crippen LogP contribution < -0.4 is 4.72 Å². The maximum atomic E-state index is 11.7. The molecule has 0 unspecified atom stereocenters. The summed E-state index contributed by atoms with van der Waals surface area (Å²) in [6, 6.07) is 3.44. The van der Waals surface area contributed by atoms with Crippen LogP contribution in [0.2, 0.25) is 0 Å². The molecule has 0 aliphatic heterocycles. The molecule has 0 saturated heterocycles. The van der Waals surface area contributed by atoms with Crippen LogP contribution >= 0.6 is 0 Å². The Bertz CT molecular complexity index is 630. The van der Waals surface area contributed by atoms with Gasteiger partial charge in [0.25, 0.3) is 0 Å². The van der Waals surface area contributed by atoms with Gasteiger partial charge < -0.3 is 0 Å². The molecule has 1 saturated carbocycles. The Kier molecular flexibility index (Phi) is 2.55. The van der Waals surface area contributed by atoms with Crippen molar-refractivity contribution in [2.45, 2.75) is 18.1 Å². The molecule has 1 aliphatic carbocycles. The van der Waals surface area contributed by atoms with Gasteiger partial charge in [-0.1, -0.05) is 0 Å². The number of anilines is 1. The smallest absolute Gasteiger partial charge is 0.235 e. The van der Waals surface area contributed by atoms with E-state index in [1.54, 1.807) is 35.4 Å². The zero-order valence-electron chi connectivity index (χ0n) is 9.52. The van der Waals surface area contributed by atoms with Gasteiger partial charge >= 0.3 is 0 Å². The van der Waals surface area contributed by atoms with E-state index >= 15 is 0 Å². The Morgan fingerprint density at radius 1 is 1.33 bits per heavy atom. The minimum atomic E-state index is -3.22. The van der Waals surface area contributed by atoms with E-state index in [1.807, 2.05) is 0 Å². The highest BCUT2D eigenvalue weighted by Crippen LogP contribution is 2.29. The molecular weight excluding hydrogens is 252 g/mol. The number of pyridine rings is 1. The maximum Gasteiger partial charge on any atom is 0.235 e. The predicted octanol–water partition coefficient (Wildman–Crippen LogP) is 1.17. The van der Waals surface area contributed by atoms with Gasteiger partial charge in [-0.3, -0.25) is 9.29 Å². The van der Waals surface area contributed by atoms with Crippen LogP contribution in [0.4, 0.5) is 5.69 Å². The topological polar surface area (TPSA) is 76.9 Å². The van der Waals surface area contributed by atoms with Gasteiger partial charge in [0.05, 0.1) is 17.1 Å². The minimum absolute atomic E-state index is 0.231. The number of hydrogen-bond donors (Lipinski definition) is 1. The molecule has 1 aliphatic rings. The summed E-state index contributed by atoms with van der Waals surface area (Å²) in [6.45, 7) is 0. The van der Waals surface area contributed by atoms with Crippen molar-refractivity contribution < 1.29 is 8.42 Å². The zero-order valence-corrected chi connectivity index (χ0v) is 10.3. The summed E-state index contributed by atoms with van der Waals surface area (Å²) in [5.41, 5.74) is 0.491. The zero-order chi connectivity index (χ0) is 12.6.